The van der Waals surface area contributed by atoms with Gasteiger partial charge in [0.2, 0.25) is 0 Å². The maximum Gasteiger partial charge on any atom is 0.0129 e. The first-order valence-corrected chi connectivity index (χ1v) is 4.72. The number of allylic oxidation sites excluding steroid dienone is 4. The molecular weight excluding hydrogens is 132 g/mol. The van der Waals surface area contributed by atoms with Crippen LogP contribution >= 0.6 is 0 Å². The average Bonchev–Trinajstić information content (AvgIpc) is 2.39. The summed E-state index contributed by atoms with van der Waals surface area (Å²) in [6.07, 6.45) is 11.9. The molecule has 0 saturated heterocycles. The first kappa shape index (κ1) is 7.15. The van der Waals surface area contributed by atoms with Crippen LogP contribution in [0.3, 0.4) is 0 Å². The van der Waals surface area contributed by atoms with E-state index in [9.17, 15) is 0 Å². The van der Waals surface area contributed by atoms with Crippen LogP contribution in [0.15, 0.2) is 24.3 Å². The van der Waals surface area contributed by atoms with Crippen molar-refractivity contribution in [2.75, 3.05) is 0 Å². The van der Waals surface area contributed by atoms with Gasteiger partial charge in [-0.15, -0.1) is 0 Å². The maximum atomic E-state index is 2.40. The Labute approximate surface area is 69.0 Å². The smallest absolute Gasteiger partial charge is 0.0129 e. The Balaban J connectivity index is 2.17. The zero-order chi connectivity index (χ0) is 7.90. The van der Waals surface area contributed by atoms with Gasteiger partial charge in [0.25, 0.3) is 0 Å². The van der Waals surface area contributed by atoms with Crippen molar-refractivity contribution in [3.63, 3.8) is 0 Å². The van der Waals surface area contributed by atoms with Gasteiger partial charge in [0.1, 0.15) is 0 Å². The van der Waals surface area contributed by atoms with Crippen LogP contribution in [0.1, 0.15) is 26.7 Å². The van der Waals surface area contributed by atoms with Crippen LogP contribution < -0.4 is 0 Å². The molecule has 0 amide bonds. The fourth-order valence-electron chi connectivity index (χ4n) is 2.86. The van der Waals surface area contributed by atoms with E-state index in [1.54, 1.807) is 0 Å². The normalized spacial score (nSPS) is 36.9. The quantitative estimate of drug-likeness (QED) is 0.564. The van der Waals surface area contributed by atoms with E-state index in [1.807, 2.05) is 0 Å². The van der Waals surface area contributed by atoms with Crippen molar-refractivity contribution in [1.29, 1.82) is 0 Å². The van der Waals surface area contributed by atoms with E-state index in [1.165, 1.54) is 12.8 Å². The minimum absolute atomic E-state index is 0.517. The fourth-order valence-corrected chi connectivity index (χ4v) is 2.86. The minimum atomic E-state index is 0.517. The van der Waals surface area contributed by atoms with Gasteiger partial charge in [-0.25, -0.2) is 0 Å². The molecule has 2 aliphatic rings. The van der Waals surface area contributed by atoms with Crippen LogP contribution in [-0.2, 0) is 0 Å². The Morgan fingerprint density at radius 1 is 1.00 bits per heavy atom. The highest BCUT2D eigenvalue weighted by Crippen LogP contribution is 2.65. The molecule has 2 unspecified atom stereocenters. The molecule has 0 aliphatic heterocycles. The largest absolute Gasteiger partial charge is 0.0740 e. The first-order valence-electron chi connectivity index (χ1n) is 4.72. The van der Waals surface area contributed by atoms with E-state index >= 15 is 0 Å². The number of hydrogen-bond donors (Lipinski definition) is 0. The van der Waals surface area contributed by atoms with Crippen LogP contribution in [-0.4, -0.2) is 0 Å². The zero-order valence-corrected chi connectivity index (χ0v) is 7.38. The molecule has 1 spiro atoms. The lowest BCUT2D eigenvalue weighted by atomic mass is 10.0. The monoisotopic (exact) mass is 148 g/mol. The van der Waals surface area contributed by atoms with Crippen molar-refractivity contribution in [2.24, 2.45) is 17.3 Å². The summed E-state index contributed by atoms with van der Waals surface area (Å²) in [4.78, 5) is 0. The summed E-state index contributed by atoms with van der Waals surface area (Å²) in [7, 11) is 0. The van der Waals surface area contributed by atoms with Gasteiger partial charge in [-0.05, 0) is 11.8 Å². The Kier molecular flexibility index (Phi) is 1.45. The molecule has 0 N–H and O–H groups in total. The molecule has 60 valence electrons. The van der Waals surface area contributed by atoms with E-state index in [-0.39, 0.29) is 0 Å². The third kappa shape index (κ3) is 0.756. The predicted octanol–water partition coefficient (Wildman–Crippen LogP) is 3.16. The van der Waals surface area contributed by atoms with Crippen molar-refractivity contribution >= 4 is 0 Å². The molecule has 2 atom stereocenters. The van der Waals surface area contributed by atoms with E-state index in [0.29, 0.717) is 5.41 Å². The van der Waals surface area contributed by atoms with E-state index in [4.69, 9.17) is 0 Å². The van der Waals surface area contributed by atoms with E-state index in [2.05, 4.69) is 38.2 Å². The summed E-state index contributed by atoms with van der Waals surface area (Å²) < 4.78 is 0. The lowest BCUT2D eigenvalue weighted by Gasteiger charge is -2.00. The van der Waals surface area contributed by atoms with Crippen molar-refractivity contribution in [3.05, 3.63) is 24.3 Å². The summed E-state index contributed by atoms with van der Waals surface area (Å²) in [5.74, 6) is 1.89. The second-order valence-corrected chi connectivity index (χ2v) is 3.75. The van der Waals surface area contributed by atoms with Crippen LogP contribution in [0.4, 0.5) is 0 Å². The molecular formula is C11H16. The van der Waals surface area contributed by atoms with Crippen LogP contribution in [0, 0.1) is 17.3 Å². The van der Waals surface area contributed by atoms with Gasteiger partial charge in [0.05, 0.1) is 0 Å². The third-order valence-electron chi connectivity index (χ3n) is 3.42. The molecule has 2 aliphatic carbocycles. The van der Waals surface area contributed by atoms with Crippen molar-refractivity contribution in [2.45, 2.75) is 26.7 Å². The lowest BCUT2D eigenvalue weighted by molar-refractivity contribution is 0.663. The number of hydrogen-bond acceptors (Lipinski definition) is 0. The summed E-state index contributed by atoms with van der Waals surface area (Å²) >= 11 is 0. The molecule has 11 heavy (non-hydrogen) atoms. The summed E-state index contributed by atoms with van der Waals surface area (Å²) in [5.41, 5.74) is 0.517. The van der Waals surface area contributed by atoms with Gasteiger partial charge in [-0.1, -0.05) is 51.0 Å². The zero-order valence-electron chi connectivity index (χ0n) is 7.38. The molecule has 0 aromatic rings. The van der Waals surface area contributed by atoms with Gasteiger partial charge < -0.3 is 0 Å². The van der Waals surface area contributed by atoms with Gasteiger partial charge in [0, 0.05) is 5.41 Å². The van der Waals surface area contributed by atoms with Crippen LogP contribution in [0.25, 0.3) is 0 Å². The molecule has 0 aromatic heterocycles. The lowest BCUT2D eigenvalue weighted by Crippen LogP contribution is -1.92. The summed E-state index contributed by atoms with van der Waals surface area (Å²) in [5, 5.41) is 0. The van der Waals surface area contributed by atoms with E-state index < -0.39 is 0 Å². The second-order valence-electron chi connectivity index (χ2n) is 3.75. The van der Waals surface area contributed by atoms with Crippen LogP contribution in [0.5, 0.6) is 0 Å². The highest BCUT2D eigenvalue weighted by molar-refractivity contribution is 5.36. The molecule has 1 fully saturated rings. The third-order valence-corrected chi connectivity index (χ3v) is 3.42. The van der Waals surface area contributed by atoms with Crippen LogP contribution in [0.2, 0.25) is 0 Å². The van der Waals surface area contributed by atoms with Crippen molar-refractivity contribution in [3.8, 4) is 0 Å². The summed E-state index contributed by atoms with van der Waals surface area (Å²) in [6, 6.07) is 0. The second kappa shape index (κ2) is 2.23. The van der Waals surface area contributed by atoms with Gasteiger partial charge in [-0.3, -0.25) is 0 Å². The Morgan fingerprint density at radius 3 is 1.82 bits per heavy atom. The fraction of sp³-hybridized carbons (Fsp3) is 0.636. The molecule has 0 aromatic carbocycles. The summed E-state index contributed by atoms with van der Waals surface area (Å²) in [6.45, 7) is 4.62. The van der Waals surface area contributed by atoms with E-state index in [0.717, 1.165) is 11.8 Å². The SMILES string of the molecule is CCC1C(CC)C12C=CC=C2. The van der Waals surface area contributed by atoms with Crippen molar-refractivity contribution in [1.82, 2.24) is 0 Å². The van der Waals surface area contributed by atoms with Gasteiger partial charge in [0.15, 0.2) is 0 Å². The van der Waals surface area contributed by atoms with Gasteiger partial charge in [-0.2, -0.15) is 0 Å². The number of rotatable bonds is 2. The first-order chi connectivity index (χ1) is 5.35. The topological polar surface area (TPSA) is 0 Å². The minimum Gasteiger partial charge on any atom is -0.0740 e. The maximum absolute atomic E-state index is 2.40. The highest BCUT2D eigenvalue weighted by Gasteiger charge is 2.59. The Hall–Kier alpha value is -0.520. The predicted molar refractivity (Wildman–Crippen MR) is 48.3 cm³/mol. The molecule has 0 radical (unpaired) electrons. The molecule has 0 heterocycles. The van der Waals surface area contributed by atoms with Gasteiger partial charge >= 0.3 is 0 Å². The molecule has 0 heteroatoms. The highest BCUT2D eigenvalue weighted by atomic mass is 14.6. The molecule has 2 rings (SSSR count). The standard InChI is InChI=1S/C11H16/c1-3-9-10(4-2)11(9)7-5-6-8-11/h5-10H,3-4H2,1-2H3. The molecule has 1 saturated carbocycles. The molecule has 0 bridgehead atoms. The van der Waals surface area contributed by atoms with Crippen molar-refractivity contribution < 1.29 is 0 Å². The Morgan fingerprint density at radius 2 is 1.45 bits per heavy atom. The average molecular weight is 148 g/mol. The Bertz CT molecular complexity index is 186. The molecule has 0 nitrogen and oxygen atoms in total.